The van der Waals surface area contributed by atoms with Crippen molar-refractivity contribution in [3.8, 4) is 5.75 Å². The van der Waals surface area contributed by atoms with Gasteiger partial charge in [-0.25, -0.2) is 9.37 Å². The van der Waals surface area contributed by atoms with Crippen LogP contribution in [-0.4, -0.2) is 18.0 Å². The number of benzene rings is 1. The summed E-state index contributed by atoms with van der Waals surface area (Å²) in [6, 6.07) is 4.14. The zero-order valence-electron chi connectivity index (χ0n) is 9.44. The highest BCUT2D eigenvalue weighted by molar-refractivity contribution is 7.13. The van der Waals surface area contributed by atoms with Gasteiger partial charge in [0, 0.05) is 17.1 Å². The van der Waals surface area contributed by atoms with Crippen molar-refractivity contribution in [3.05, 3.63) is 35.1 Å². The average Bonchev–Trinajstić information content (AvgIpc) is 2.76. The smallest absolute Gasteiger partial charge is 0.275 e. The quantitative estimate of drug-likeness (QED) is 0.893. The lowest BCUT2D eigenvalue weighted by molar-refractivity contribution is 0.102. The minimum atomic E-state index is -0.548. The molecule has 1 aromatic carbocycles. The third-order valence-corrected chi connectivity index (χ3v) is 2.84. The molecule has 7 heteroatoms. The fourth-order valence-corrected chi connectivity index (χ4v) is 1.87. The van der Waals surface area contributed by atoms with Gasteiger partial charge in [-0.2, -0.15) is 0 Å². The summed E-state index contributed by atoms with van der Waals surface area (Å²) in [5.74, 6) is -0.869. The lowest BCUT2D eigenvalue weighted by Gasteiger charge is -2.06. The third kappa shape index (κ3) is 2.57. The predicted octanol–water partition coefficient (Wildman–Crippen LogP) is 2.13. The van der Waals surface area contributed by atoms with Crippen molar-refractivity contribution >= 4 is 28.1 Å². The zero-order chi connectivity index (χ0) is 13.1. The monoisotopic (exact) mass is 267 g/mol. The number of nitrogens with one attached hydrogen (secondary N) is 1. The maximum atomic E-state index is 13.4. The van der Waals surface area contributed by atoms with Crippen LogP contribution in [0.1, 0.15) is 10.5 Å². The topological polar surface area (TPSA) is 77.2 Å². The number of amides is 1. The van der Waals surface area contributed by atoms with E-state index in [9.17, 15) is 9.18 Å². The summed E-state index contributed by atoms with van der Waals surface area (Å²) >= 11 is 1.16. The molecule has 18 heavy (non-hydrogen) atoms. The van der Waals surface area contributed by atoms with Crippen LogP contribution in [0.3, 0.4) is 0 Å². The highest BCUT2D eigenvalue weighted by atomic mass is 32.1. The van der Waals surface area contributed by atoms with Gasteiger partial charge in [-0.3, -0.25) is 4.79 Å². The number of nitrogens with zero attached hydrogens (tertiary/aromatic N) is 1. The summed E-state index contributed by atoms with van der Waals surface area (Å²) in [5.41, 5.74) is 5.95. The third-order valence-electron chi connectivity index (χ3n) is 2.16. The Hall–Kier alpha value is -2.15. The fourth-order valence-electron chi connectivity index (χ4n) is 1.33. The van der Waals surface area contributed by atoms with Gasteiger partial charge in [0.05, 0.1) is 7.11 Å². The van der Waals surface area contributed by atoms with Crippen LogP contribution in [0.4, 0.5) is 15.2 Å². The standard InChI is InChI=1S/C11H10FN3O2S/c1-17-9-3-2-6(4-7(9)12)14-10(16)8-5-18-11(13)15-8/h2-5H,1H3,(H2,13,15)(H,14,16). The molecule has 0 spiro atoms. The Labute approximate surface area is 106 Å². The number of halogens is 1. The van der Waals surface area contributed by atoms with Gasteiger partial charge in [0.15, 0.2) is 16.7 Å². The van der Waals surface area contributed by atoms with E-state index in [1.54, 1.807) is 0 Å². The molecular weight excluding hydrogens is 257 g/mol. The first-order chi connectivity index (χ1) is 8.60. The highest BCUT2D eigenvalue weighted by Crippen LogP contribution is 2.21. The van der Waals surface area contributed by atoms with Crippen molar-refractivity contribution in [2.45, 2.75) is 0 Å². The number of anilines is 2. The summed E-state index contributed by atoms with van der Waals surface area (Å²) in [7, 11) is 1.37. The summed E-state index contributed by atoms with van der Waals surface area (Å²) in [6.45, 7) is 0. The summed E-state index contributed by atoms with van der Waals surface area (Å²) in [6.07, 6.45) is 0. The molecular formula is C11H10FN3O2S. The van der Waals surface area contributed by atoms with Gasteiger partial charge < -0.3 is 15.8 Å². The van der Waals surface area contributed by atoms with E-state index in [0.29, 0.717) is 10.8 Å². The van der Waals surface area contributed by atoms with Crippen LogP contribution in [-0.2, 0) is 0 Å². The fraction of sp³-hybridized carbons (Fsp3) is 0.0909. The van der Waals surface area contributed by atoms with Crippen molar-refractivity contribution in [2.75, 3.05) is 18.2 Å². The zero-order valence-corrected chi connectivity index (χ0v) is 10.3. The van der Waals surface area contributed by atoms with Gasteiger partial charge in [0.2, 0.25) is 0 Å². The summed E-state index contributed by atoms with van der Waals surface area (Å²) in [4.78, 5) is 15.5. The van der Waals surface area contributed by atoms with Gasteiger partial charge in [0.25, 0.3) is 5.91 Å². The molecule has 0 unspecified atom stereocenters. The molecule has 0 bridgehead atoms. The molecule has 94 valence electrons. The molecule has 0 aliphatic rings. The minimum absolute atomic E-state index is 0.117. The Morgan fingerprint density at radius 3 is 2.89 bits per heavy atom. The Morgan fingerprint density at radius 1 is 1.56 bits per heavy atom. The molecule has 3 N–H and O–H groups in total. The second-order valence-electron chi connectivity index (χ2n) is 3.37. The van der Waals surface area contributed by atoms with Gasteiger partial charge in [-0.1, -0.05) is 0 Å². The highest BCUT2D eigenvalue weighted by Gasteiger charge is 2.11. The van der Waals surface area contributed by atoms with Crippen LogP contribution in [0.2, 0.25) is 0 Å². The Morgan fingerprint density at radius 2 is 2.33 bits per heavy atom. The SMILES string of the molecule is COc1ccc(NC(=O)c2csc(N)n2)cc1F. The molecule has 0 atom stereocenters. The number of nitrogen functional groups attached to an aromatic ring is 1. The second kappa shape index (κ2) is 5.01. The predicted molar refractivity (Wildman–Crippen MR) is 67.4 cm³/mol. The Bertz CT molecular complexity index is 585. The van der Waals surface area contributed by atoms with E-state index in [1.807, 2.05) is 0 Å². The van der Waals surface area contributed by atoms with E-state index >= 15 is 0 Å². The largest absolute Gasteiger partial charge is 0.494 e. The number of aromatic nitrogens is 1. The molecule has 0 aliphatic carbocycles. The maximum Gasteiger partial charge on any atom is 0.275 e. The van der Waals surface area contributed by atoms with Crippen molar-refractivity contribution in [1.82, 2.24) is 4.98 Å². The molecule has 1 heterocycles. The molecule has 1 aromatic heterocycles. The number of nitrogens with two attached hydrogens (primary N) is 1. The van der Waals surface area contributed by atoms with Crippen LogP contribution < -0.4 is 15.8 Å². The van der Waals surface area contributed by atoms with E-state index in [4.69, 9.17) is 10.5 Å². The van der Waals surface area contributed by atoms with Crippen LogP contribution in [0.5, 0.6) is 5.75 Å². The lowest BCUT2D eigenvalue weighted by Crippen LogP contribution is -2.12. The molecule has 0 fully saturated rings. The molecule has 2 rings (SSSR count). The molecule has 0 saturated carbocycles. The molecule has 5 nitrogen and oxygen atoms in total. The number of carbonyl (C=O) groups is 1. The van der Waals surface area contributed by atoms with Gasteiger partial charge in [-0.05, 0) is 12.1 Å². The lowest BCUT2D eigenvalue weighted by atomic mass is 10.3. The molecule has 2 aromatic rings. The molecule has 0 saturated heterocycles. The summed E-state index contributed by atoms with van der Waals surface area (Å²) < 4.78 is 18.2. The number of methoxy groups -OCH3 is 1. The van der Waals surface area contributed by atoms with Crippen LogP contribution >= 0.6 is 11.3 Å². The van der Waals surface area contributed by atoms with E-state index < -0.39 is 11.7 Å². The van der Waals surface area contributed by atoms with E-state index in [-0.39, 0.29) is 11.4 Å². The normalized spacial score (nSPS) is 10.1. The first-order valence-electron chi connectivity index (χ1n) is 4.96. The number of hydrogen-bond donors (Lipinski definition) is 2. The summed E-state index contributed by atoms with van der Waals surface area (Å²) in [5, 5.41) is 4.36. The number of rotatable bonds is 3. The van der Waals surface area contributed by atoms with E-state index in [0.717, 1.165) is 11.3 Å². The van der Waals surface area contributed by atoms with E-state index in [1.165, 1.54) is 30.7 Å². The van der Waals surface area contributed by atoms with Crippen LogP contribution in [0.25, 0.3) is 0 Å². The minimum Gasteiger partial charge on any atom is -0.494 e. The maximum absolute atomic E-state index is 13.4. The first-order valence-corrected chi connectivity index (χ1v) is 5.84. The Kier molecular flexibility index (Phi) is 3.42. The number of carbonyl (C=O) groups excluding carboxylic acids is 1. The Balaban J connectivity index is 2.14. The van der Waals surface area contributed by atoms with Gasteiger partial charge in [0.1, 0.15) is 5.69 Å². The van der Waals surface area contributed by atoms with Crippen molar-refractivity contribution in [1.29, 1.82) is 0 Å². The molecule has 0 aliphatic heterocycles. The van der Waals surface area contributed by atoms with Crippen molar-refractivity contribution in [2.24, 2.45) is 0 Å². The van der Waals surface area contributed by atoms with Crippen LogP contribution in [0.15, 0.2) is 23.6 Å². The van der Waals surface area contributed by atoms with Gasteiger partial charge >= 0.3 is 0 Å². The second-order valence-corrected chi connectivity index (χ2v) is 4.26. The van der Waals surface area contributed by atoms with E-state index in [2.05, 4.69) is 10.3 Å². The molecule has 1 amide bonds. The van der Waals surface area contributed by atoms with Crippen LogP contribution in [0, 0.1) is 5.82 Å². The number of ether oxygens (including phenoxy) is 1. The number of thiazole rings is 1. The molecule has 0 radical (unpaired) electrons. The van der Waals surface area contributed by atoms with Crippen molar-refractivity contribution < 1.29 is 13.9 Å². The average molecular weight is 267 g/mol. The van der Waals surface area contributed by atoms with Crippen molar-refractivity contribution in [3.63, 3.8) is 0 Å². The number of hydrogen-bond acceptors (Lipinski definition) is 5. The van der Waals surface area contributed by atoms with Gasteiger partial charge in [-0.15, -0.1) is 11.3 Å². The first kappa shape index (κ1) is 12.3.